The molecule has 1 aromatic heterocycles. The van der Waals surface area contributed by atoms with E-state index < -0.39 is 22.4 Å². The van der Waals surface area contributed by atoms with Crippen molar-refractivity contribution in [2.75, 3.05) is 0 Å². The number of halogens is 1. The first-order valence-electron chi connectivity index (χ1n) is 7.30. The van der Waals surface area contributed by atoms with Crippen molar-refractivity contribution >= 4 is 40.1 Å². The number of amides is 1. The molecular formula is C17H9ClN2O7. The topological polar surface area (TPSA) is 143 Å². The summed E-state index contributed by atoms with van der Waals surface area (Å²) in [5.74, 6) is -1.74. The highest BCUT2D eigenvalue weighted by Gasteiger charge is 2.17. The molecule has 0 unspecified atom stereocenters. The maximum Gasteiger partial charge on any atom is 0.349 e. The number of nitro groups is 1. The SMILES string of the molecule is NC(=O)c1cc2ccc(OC(=O)c3ccc([N+](=O)[O-])cc3Cl)cc2oc1=O. The molecule has 0 atom stereocenters. The molecule has 0 radical (unpaired) electrons. The third kappa shape index (κ3) is 3.62. The van der Waals surface area contributed by atoms with Gasteiger partial charge in [-0.05, 0) is 24.3 Å². The number of non-ortho nitro benzene ring substituents is 1. The molecule has 1 heterocycles. The van der Waals surface area contributed by atoms with E-state index in [0.29, 0.717) is 5.39 Å². The number of carbonyl (C=O) groups excluding carboxylic acids is 2. The number of nitrogens with two attached hydrogens (primary N) is 1. The van der Waals surface area contributed by atoms with Gasteiger partial charge in [0.1, 0.15) is 16.9 Å². The van der Waals surface area contributed by atoms with Gasteiger partial charge in [0.2, 0.25) is 0 Å². The van der Waals surface area contributed by atoms with Gasteiger partial charge in [-0.25, -0.2) is 9.59 Å². The predicted octanol–water partition coefficient (Wildman–Crippen LogP) is 2.67. The number of fused-ring (bicyclic) bond motifs is 1. The molecule has 2 N–H and O–H groups in total. The summed E-state index contributed by atoms with van der Waals surface area (Å²) in [6.45, 7) is 0. The Bertz CT molecular complexity index is 1170. The second kappa shape index (κ2) is 6.89. The van der Waals surface area contributed by atoms with Crippen molar-refractivity contribution in [3.8, 4) is 5.75 Å². The number of nitro benzene ring substituents is 1. The fraction of sp³-hybridized carbons (Fsp3) is 0. The summed E-state index contributed by atoms with van der Waals surface area (Å²) in [4.78, 5) is 45.2. The zero-order valence-corrected chi connectivity index (χ0v) is 14.1. The number of primary amides is 1. The van der Waals surface area contributed by atoms with Gasteiger partial charge < -0.3 is 14.9 Å². The molecule has 10 heteroatoms. The van der Waals surface area contributed by atoms with Crippen LogP contribution in [0.5, 0.6) is 5.75 Å². The van der Waals surface area contributed by atoms with Crippen LogP contribution in [0.25, 0.3) is 11.0 Å². The lowest BCUT2D eigenvalue weighted by Crippen LogP contribution is -2.20. The predicted molar refractivity (Wildman–Crippen MR) is 94.1 cm³/mol. The largest absolute Gasteiger partial charge is 0.423 e. The second-order valence-electron chi connectivity index (χ2n) is 5.32. The van der Waals surface area contributed by atoms with Crippen LogP contribution in [0.1, 0.15) is 20.7 Å². The molecule has 2 aromatic carbocycles. The van der Waals surface area contributed by atoms with Gasteiger partial charge in [-0.3, -0.25) is 14.9 Å². The van der Waals surface area contributed by atoms with Crippen molar-refractivity contribution in [3.63, 3.8) is 0 Å². The van der Waals surface area contributed by atoms with Crippen LogP contribution >= 0.6 is 11.6 Å². The summed E-state index contributed by atoms with van der Waals surface area (Å²) in [7, 11) is 0. The smallest absolute Gasteiger partial charge is 0.349 e. The molecule has 0 saturated heterocycles. The highest BCUT2D eigenvalue weighted by Crippen LogP contribution is 2.25. The van der Waals surface area contributed by atoms with Crippen LogP contribution in [0.3, 0.4) is 0 Å². The zero-order valence-electron chi connectivity index (χ0n) is 13.3. The maximum atomic E-state index is 12.2. The number of hydrogen-bond donors (Lipinski definition) is 1. The second-order valence-corrected chi connectivity index (χ2v) is 5.73. The van der Waals surface area contributed by atoms with E-state index in [9.17, 15) is 24.5 Å². The number of benzene rings is 2. The third-order valence-corrected chi connectivity index (χ3v) is 3.88. The van der Waals surface area contributed by atoms with Crippen LogP contribution in [-0.4, -0.2) is 16.8 Å². The monoisotopic (exact) mass is 388 g/mol. The molecule has 0 aliphatic carbocycles. The van der Waals surface area contributed by atoms with Crippen LogP contribution < -0.4 is 16.1 Å². The summed E-state index contributed by atoms with van der Waals surface area (Å²) >= 11 is 5.89. The summed E-state index contributed by atoms with van der Waals surface area (Å²) in [5.41, 5.74) is 3.59. The normalized spacial score (nSPS) is 10.6. The van der Waals surface area contributed by atoms with Gasteiger partial charge in [-0.2, -0.15) is 0 Å². The molecule has 0 saturated carbocycles. The summed E-state index contributed by atoms with van der Waals surface area (Å²) in [6, 6.07) is 8.73. The standard InChI is InChI=1S/C17H9ClN2O7/c18-13-6-9(20(24)25)2-4-11(13)16(22)26-10-3-1-8-5-12(15(19)21)17(23)27-14(8)7-10/h1-7H,(H2,19,21). The van der Waals surface area contributed by atoms with Crippen molar-refractivity contribution in [2.45, 2.75) is 0 Å². The van der Waals surface area contributed by atoms with E-state index in [-0.39, 0.29) is 33.2 Å². The quantitative estimate of drug-likeness (QED) is 0.238. The number of carbonyl (C=O) groups is 2. The Hall–Kier alpha value is -3.72. The van der Waals surface area contributed by atoms with E-state index in [2.05, 4.69) is 0 Å². The number of esters is 1. The lowest BCUT2D eigenvalue weighted by atomic mass is 10.1. The Morgan fingerprint density at radius 1 is 1.11 bits per heavy atom. The van der Waals surface area contributed by atoms with Crippen LogP contribution in [0.2, 0.25) is 5.02 Å². The van der Waals surface area contributed by atoms with Crippen molar-refractivity contribution in [3.05, 3.63) is 79.1 Å². The minimum Gasteiger partial charge on any atom is -0.423 e. The van der Waals surface area contributed by atoms with Gasteiger partial charge in [0.25, 0.3) is 11.6 Å². The summed E-state index contributed by atoms with van der Waals surface area (Å²) in [5, 5.41) is 11.0. The zero-order chi connectivity index (χ0) is 19.7. The average molecular weight is 389 g/mol. The minimum absolute atomic E-state index is 0.0388. The van der Waals surface area contributed by atoms with Gasteiger partial charge in [0, 0.05) is 23.6 Å². The molecule has 0 bridgehead atoms. The highest BCUT2D eigenvalue weighted by atomic mass is 35.5. The van der Waals surface area contributed by atoms with Crippen molar-refractivity contribution < 1.29 is 23.7 Å². The van der Waals surface area contributed by atoms with Gasteiger partial charge in [-0.15, -0.1) is 0 Å². The molecule has 0 aliphatic heterocycles. The molecule has 27 heavy (non-hydrogen) atoms. The van der Waals surface area contributed by atoms with Crippen LogP contribution in [0.15, 0.2) is 51.7 Å². The summed E-state index contributed by atoms with van der Waals surface area (Å²) < 4.78 is 10.2. The first-order chi connectivity index (χ1) is 12.8. The Kier molecular flexibility index (Phi) is 4.61. The van der Waals surface area contributed by atoms with Crippen LogP contribution in [-0.2, 0) is 0 Å². The number of rotatable bonds is 4. The molecule has 0 fully saturated rings. The Morgan fingerprint density at radius 2 is 1.85 bits per heavy atom. The molecule has 9 nitrogen and oxygen atoms in total. The summed E-state index contributed by atoms with van der Waals surface area (Å²) in [6.07, 6.45) is 0. The van der Waals surface area contributed by atoms with Gasteiger partial charge in [0.15, 0.2) is 0 Å². The van der Waals surface area contributed by atoms with E-state index in [1.54, 1.807) is 0 Å². The van der Waals surface area contributed by atoms with E-state index in [1.807, 2.05) is 0 Å². The Labute approximate surface area is 155 Å². The fourth-order valence-corrected chi connectivity index (χ4v) is 2.52. The van der Waals surface area contributed by atoms with Crippen LogP contribution in [0.4, 0.5) is 5.69 Å². The minimum atomic E-state index is -0.922. The molecule has 1 amide bonds. The molecule has 3 rings (SSSR count). The van der Waals surface area contributed by atoms with Gasteiger partial charge >= 0.3 is 11.6 Å². The van der Waals surface area contributed by atoms with E-state index in [1.165, 1.54) is 30.3 Å². The van der Waals surface area contributed by atoms with Crippen LogP contribution in [0, 0.1) is 10.1 Å². The first kappa shape index (κ1) is 18.1. The molecule has 0 aliphatic rings. The average Bonchev–Trinajstić information content (AvgIpc) is 2.60. The molecule has 3 aromatic rings. The van der Waals surface area contributed by atoms with Crippen molar-refractivity contribution in [1.29, 1.82) is 0 Å². The van der Waals surface area contributed by atoms with E-state index >= 15 is 0 Å². The van der Waals surface area contributed by atoms with Crippen molar-refractivity contribution in [2.24, 2.45) is 5.73 Å². The highest BCUT2D eigenvalue weighted by molar-refractivity contribution is 6.33. The third-order valence-electron chi connectivity index (χ3n) is 3.57. The first-order valence-corrected chi connectivity index (χ1v) is 7.68. The Morgan fingerprint density at radius 3 is 2.48 bits per heavy atom. The number of hydrogen-bond acceptors (Lipinski definition) is 7. The lowest BCUT2D eigenvalue weighted by Gasteiger charge is -2.07. The van der Waals surface area contributed by atoms with E-state index in [0.717, 1.165) is 12.1 Å². The van der Waals surface area contributed by atoms with E-state index in [4.69, 9.17) is 26.5 Å². The fourth-order valence-electron chi connectivity index (χ4n) is 2.27. The number of ether oxygens (including phenoxy) is 1. The number of nitrogens with zero attached hydrogens (tertiary/aromatic N) is 1. The van der Waals surface area contributed by atoms with Crippen molar-refractivity contribution in [1.82, 2.24) is 0 Å². The maximum absolute atomic E-state index is 12.2. The molecular weight excluding hydrogens is 380 g/mol. The van der Waals surface area contributed by atoms with Gasteiger partial charge in [0.05, 0.1) is 15.5 Å². The van der Waals surface area contributed by atoms with Gasteiger partial charge in [-0.1, -0.05) is 11.6 Å². The molecule has 0 spiro atoms. The Balaban J connectivity index is 1.91. The molecule has 136 valence electrons. The lowest BCUT2D eigenvalue weighted by molar-refractivity contribution is -0.384.